The van der Waals surface area contributed by atoms with Crippen LogP contribution in [0.4, 0.5) is 15.3 Å². The van der Waals surface area contributed by atoms with Gasteiger partial charge in [-0.15, -0.1) is 22.7 Å². The van der Waals surface area contributed by atoms with Crippen LogP contribution in [0.3, 0.4) is 0 Å². The van der Waals surface area contributed by atoms with Crippen molar-refractivity contribution in [1.29, 1.82) is 0 Å². The summed E-state index contributed by atoms with van der Waals surface area (Å²) in [6.07, 6.45) is 2.73. The van der Waals surface area contributed by atoms with E-state index in [1.807, 2.05) is 25.3 Å². The topological polar surface area (TPSA) is 56.3 Å². The number of benzene rings is 1. The van der Waals surface area contributed by atoms with E-state index < -0.39 is 5.82 Å². The molecule has 4 aromatic rings. The maximum absolute atomic E-state index is 14.7. The van der Waals surface area contributed by atoms with Gasteiger partial charge in [0.15, 0.2) is 16.7 Å². The van der Waals surface area contributed by atoms with Gasteiger partial charge in [0.25, 0.3) is 0 Å². The molecule has 0 bridgehead atoms. The number of halogens is 1. The van der Waals surface area contributed by atoms with Crippen molar-refractivity contribution in [2.24, 2.45) is 5.92 Å². The molecule has 0 saturated heterocycles. The van der Waals surface area contributed by atoms with Gasteiger partial charge in [-0.2, -0.15) is 0 Å². The highest BCUT2D eigenvalue weighted by molar-refractivity contribution is 7.16. The Morgan fingerprint density at radius 2 is 1.97 bits per heavy atom. The van der Waals surface area contributed by atoms with E-state index in [0.717, 1.165) is 44.6 Å². The maximum atomic E-state index is 14.7. The summed E-state index contributed by atoms with van der Waals surface area (Å²) in [5.74, 6) is 1.02. The Morgan fingerprint density at radius 1 is 1.12 bits per heavy atom. The first-order chi connectivity index (χ1) is 16.4. The standard InChI is InChI=1S/C26H28FN3O2S2/c1-16(2)12-23-24(18-7-8-21(20(27)14-18)32-10-9-31-4)29-26(34-23)30-25-17(3)13-19(15-28-25)22-6-5-11-33-22/h5-8,11,13-16H,9-10,12H2,1-4H3,(H,28,29,30). The molecule has 0 amide bonds. The molecule has 178 valence electrons. The molecule has 0 radical (unpaired) electrons. The van der Waals surface area contributed by atoms with Gasteiger partial charge < -0.3 is 14.8 Å². The zero-order valence-electron chi connectivity index (χ0n) is 19.7. The van der Waals surface area contributed by atoms with E-state index in [9.17, 15) is 4.39 Å². The third kappa shape index (κ3) is 5.81. The Labute approximate surface area is 207 Å². The first-order valence-electron chi connectivity index (χ1n) is 11.1. The number of aromatic nitrogens is 2. The average molecular weight is 498 g/mol. The van der Waals surface area contributed by atoms with Crippen LogP contribution in [0.1, 0.15) is 24.3 Å². The summed E-state index contributed by atoms with van der Waals surface area (Å²) in [7, 11) is 1.59. The molecular formula is C26H28FN3O2S2. The summed E-state index contributed by atoms with van der Waals surface area (Å²) >= 11 is 3.28. The number of thiazole rings is 1. The third-order valence-electron chi connectivity index (χ3n) is 5.15. The molecule has 0 aliphatic heterocycles. The minimum atomic E-state index is -0.409. The van der Waals surface area contributed by atoms with Gasteiger partial charge in [0.2, 0.25) is 0 Å². The zero-order valence-corrected chi connectivity index (χ0v) is 21.4. The van der Waals surface area contributed by atoms with Gasteiger partial charge in [0, 0.05) is 34.2 Å². The van der Waals surface area contributed by atoms with Crippen LogP contribution in [0.15, 0.2) is 48.0 Å². The highest BCUT2D eigenvalue weighted by Gasteiger charge is 2.17. The molecule has 0 spiro atoms. The van der Waals surface area contributed by atoms with Crippen molar-refractivity contribution in [2.45, 2.75) is 27.2 Å². The Hall–Kier alpha value is -2.81. The average Bonchev–Trinajstić information content (AvgIpc) is 3.46. The molecule has 0 aliphatic carbocycles. The van der Waals surface area contributed by atoms with Crippen molar-refractivity contribution >= 4 is 33.6 Å². The quantitative estimate of drug-likeness (QED) is 0.232. The molecule has 34 heavy (non-hydrogen) atoms. The summed E-state index contributed by atoms with van der Waals surface area (Å²) in [5.41, 5.74) is 3.66. The van der Waals surface area contributed by atoms with Crippen LogP contribution in [-0.4, -0.2) is 30.3 Å². The highest BCUT2D eigenvalue weighted by Crippen LogP contribution is 2.36. The number of aryl methyl sites for hydroxylation is 1. The number of hydrogen-bond donors (Lipinski definition) is 1. The molecule has 1 aromatic carbocycles. The lowest BCUT2D eigenvalue weighted by atomic mass is 10.0. The number of anilines is 2. The van der Waals surface area contributed by atoms with E-state index >= 15 is 0 Å². The molecule has 3 aromatic heterocycles. The van der Waals surface area contributed by atoms with Crippen molar-refractivity contribution in [2.75, 3.05) is 25.6 Å². The summed E-state index contributed by atoms with van der Waals surface area (Å²) in [5, 5.41) is 6.18. The van der Waals surface area contributed by atoms with Crippen LogP contribution in [0.25, 0.3) is 21.7 Å². The van der Waals surface area contributed by atoms with Crippen molar-refractivity contribution in [3.8, 4) is 27.4 Å². The monoisotopic (exact) mass is 497 g/mol. The number of methoxy groups -OCH3 is 1. The Balaban J connectivity index is 1.60. The summed E-state index contributed by atoms with van der Waals surface area (Å²) in [6.45, 7) is 7.07. The lowest BCUT2D eigenvalue weighted by molar-refractivity contribution is 0.144. The van der Waals surface area contributed by atoms with Crippen LogP contribution >= 0.6 is 22.7 Å². The van der Waals surface area contributed by atoms with Gasteiger partial charge >= 0.3 is 0 Å². The normalized spacial score (nSPS) is 11.2. The van der Waals surface area contributed by atoms with Gasteiger partial charge in [0.1, 0.15) is 12.4 Å². The molecular weight excluding hydrogens is 469 g/mol. The fraction of sp³-hybridized carbons (Fsp3) is 0.308. The van der Waals surface area contributed by atoms with Crippen molar-refractivity contribution in [3.05, 3.63) is 64.2 Å². The fourth-order valence-electron chi connectivity index (χ4n) is 3.52. The minimum Gasteiger partial charge on any atom is -0.488 e. The zero-order chi connectivity index (χ0) is 24.1. The Morgan fingerprint density at radius 3 is 2.65 bits per heavy atom. The second-order valence-electron chi connectivity index (χ2n) is 8.37. The highest BCUT2D eigenvalue weighted by atomic mass is 32.1. The number of thiophene rings is 1. The lowest BCUT2D eigenvalue weighted by Crippen LogP contribution is -2.05. The van der Waals surface area contributed by atoms with Gasteiger partial charge in [-0.25, -0.2) is 14.4 Å². The number of nitrogens with one attached hydrogen (secondary N) is 1. The molecule has 0 atom stereocenters. The third-order valence-corrected chi connectivity index (χ3v) is 7.06. The smallest absolute Gasteiger partial charge is 0.189 e. The maximum Gasteiger partial charge on any atom is 0.189 e. The first kappa shape index (κ1) is 24.3. The van der Waals surface area contributed by atoms with Crippen LogP contribution in [0.2, 0.25) is 0 Å². The predicted octanol–water partition coefficient (Wildman–Crippen LogP) is 7.35. The van der Waals surface area contributed by atoms with Gasteiger partial charge in [0.05, 0.1) is 12.3 Å². The van der Waals surface area contributed by atoms with E-state index in [0.29, 0.717) is 19.1 Å². The van der Waals surface area contributed by atoms with E-state index in [-0.39, 0.29) is 5.75 Å². The van der Waals surface area contributed by atoms with Crippen LogP contribution < -0.4 is 10.1 Å². The molecule has 8 heteroatoms. The Bertz CT molecular complexity index is 1240. The Kier molecular flexibility index (Phi) is 7.92. The largest absolute Gasteiger partial charge is 0.488 e. The second kappa shape index (κ2) is 11.1. The van der Waals surface area contributed by atoms with E-state index in [1.54, 1.807) is 35.8 Å². The number of hydrogen-bond acceptors (Lipinski definition) is 7. The number of ether oxygens (including phenoxy) is 2. The lowest BCUT2D eigenvalue weighted by Gasteiger charge is -2.09. The molecule has 0 saturated carbocycles. The summed E-state index contributed by atoms with van der Waals surface area (Å²) < 4.78 is 25.1. The molecule has 0 unspecified atom stereocenters. The van der Waals surface area contributed by atoms with Crippen LogP contribution in [0.5, 0.6) is 5.75 Å². The number of rotatable bonds is 10. The molecule has 4 rings (SSSR count). The van der Waals surface area contributed by atoms with Crippen molar-refractivity contribution < 1.29 is 13.9 Å². The minimum absolute atomic E-state index is 0.213. The van der Waals surface area contributed by atoms with Gasteiger partial charge in [-0.1, -0.05) is 19.9 Å². The van der Waals surface area contributed by atoms with Gasteiger partial charge in [-0.3, -0.25) is 0 Å². The van der Waals surface area contributed by atoms with Crippen LogP contribution in [0, 0.1) is 18.7 Å². The van der Waals surface area contributed by atoms with Crippen molar-refractivity contribution in [3.63, 3.8) is 0 Å². The molecule has 0 aliphatic rings. The predicted molar refractivity (Wildman–Crippen MR) is 139 cm³/mol. The van der Waals surface area contributed by atoms with Crippen molar-refractivity contribution in [1.82, 2.24) is 9.97 Å². The fourth-order valence-corrected chi connectivity index (χ4v) is 5.43. The van der Waals surface area contributed by atoms with Crippen LogP contribution in [-0.2, 0) is 11.2 Å². The van der Waals surface area contributed by atoms with Gasteiger partial charge in [-0.05, 0) is 60.5 Å². The molecule has 0 fully saturated rings. The SMILES string of the molecule is COCCOc1ccc(-c2nc(Nc3ncc(-c4cccs4)cc3C)sc2CC(C)C)cc1F. The van der Waals surface area contributed by atoms with E-state index in [4.69, 9.17) is 14.5 Å². The second-order valence-corrected chi connectivity index (χ2v) is 10.4. The van der Waals surface area contributed by atoms with E-state index in [1.165, 1.54) is 10.9 Å². The molecule has 1 N–H and O–H groups in total. The molecule has 3 heterocycles. The number of nitrogens with zero attached hydrogens (tertiary/aromatic N) is 2. The summed E-state index contributed by atoms with van der Waals surface area (Å²) in [4.78, 5) is 11.8. The van der Waals surface area contributed by atoms with E-state index in [2.05, 4.69) is 41.7 Å². The molecule has 5 nitrogen and oxygen atoms in total. The number of pyridine rings is 1. The summed E-state index contributed by atoms with van der Waals surface area (Å²) in [6, 6.07) is 11.3. The first-order valence-corrected chi connectivity index (χ1v) is 12.8.